The molecule has 3 aromatic rings. The molecule has 0 radical (unpaired) electrons. The van der Waals surface area contributed by atoms with Crippen LogP contribution in [0.3, 0.4) is 0 Å². The fourth-order valence-electron chi connectivity index (χ4n) is 4.47. The van der Waals surface area contributed by atoms with Crippen LogP contribution in [0.15, 0.2) is 46.0 Å². The summed E-state index contributed by atoms with van der Waals surface area (Å²) in [7, 11) is 1.96. The van der Waals surface area contributed by atoms with Gasteiger partial charge in [-0.1, -0.05) is 11.2 Å². The molecule has 0 unspecified atom stereocenters. The van der Waals surface area contributed by atoms with Gasteiger partial charge in [0.05, 0.1) is 6.54 Å². The van der Waals surface area contributed by atoms with Gasteiger partial charge in [0.15, 0.2) is 0 Å². The van der Waals surface area contributed by atoms with Crippen LogP contribution in [-0.4, -0.2) is 44.7 Å². The van der Waals surface area contributed by atoms with E-state index in [0.29, 0.717) is 36.6 Å². The number of nitrogens with zero attached hydrogens (tertiary/aromatic N) is 5. The van der Waals surface area contributed by atoms with Crippen LogP contribution in [0.25, 0.3) is 11.4 Å². The van der Waals surface area contributed by atoms with Crippen LogP contribution < -0.4 is 10.9 Å². The maximum Gasteiger partial charge on any atom is 0.255 e. The van der Waals surface area contributed by atoms with E-state index in [2.05, 4.69) is 26.5 Å². The van der Waals surface area contributed by atoms with Gasteiger partial charge in [0.25, 0.3) is 5.56 Å². The molecule has 5 rings (SSSR count). The molecule has 2 bridgehead atoms. The third-order valence-corrected chi connectivity index (χ3v) is 5.84. The van der Waals surface area contributed by atoms with Gasteiger partial charge >= 0.3 is 0 Å². The van der Waals surface area contributed by atoms with E-state index in [4.69, 9.17) is 4.52 Å². The van der Waals surface area contributed by atoms with Crippen LogP contribution in [0.1, 0.15) is 29.5 Å². The summed E-state index contributed by atoms with van der Waals surface area (Å²) in [6, 6.07) is 7.80. The Balaban J connectivity index is 1.30. The second kappa shape index (κ2) is 7.53. The van der Waals surface area contributed by atoms with Crippen molar-refractivity contribution in [2.45, 2.75) is 32.0 Å². The fourth-order valence-corrected chi connectivity index (χ4v) is 4.47. The number of piperidine rings is 1. The molecule has 0 aliphatic carbocycles. The Kier molecular flexibility index (Phi) is 4.73. The lowest BCUT2D eigenvalue weighted by Crippen LogP contribution is -2.45. The lowest BCUT2D eigenvalue weighted by atomic mass is 9.84. The minimum absolute atomic E-state index is 0.133. The molecule has 1 fully saturated rings. The van der Waals surface area contributed by atoms with Gasteiger partial charge in [0, 0.05) is 54.8 Å². The summed E-state index contributed by atoms with van der Waals surface area (Å²) in [5.41, 5.74) is 2.97. The summed E-state index contributed by atoms with van der Waals surface area (Å²) in [5, 5.41) is 7.53. The van der Waals surface area contributed by atoms with Gasteiger partial charge in [-0.15, -0.1) is 0 Å². The Morgan fingerprint density at radius 1 is 1.21 bits per heavy atom. The summed E-state index contributed by atoms with van der Waals surface area (Å²) in [4.78, 5) is 23.6. The van der Waals surface area contributed by atoms with Crippen LogP contribution in [0, 0.1) is 5.92 Å². The Bertz CT molecular complexity index is 1060. The van der Waals surface area contributed by atoms with Crippen molar-refractivity contribution in [3.63, 3.8) is 0 Å². The van der Waals surface area contributed by atoms with E-state index >= 15 is 0 Å². The standard InChI is InChI=1S/C21H24N6O2/c1-26(13-19-24-20(25-29-19)15-4-6-22-7-5-15)12-16-2-3-18-17-8-14(9-23-10-17)11-27(18)21(16)28/h2-7,14,17,23H,8-13H2,1H3/t14-,17+/m0/s1. The molecule has 2 atom stereocenters. The Morgan fingerprint density at radius 2 is 2.07 bits per heavy atom. The van der Waals surface area contributed by atoms with Gasteiger partial charge in [0.2, 0.25) is 11.7 Å². The van der Waals surface area contributed by atoms with Crippen LogP contribution in [0.4, 0.5) is 0 Å². The summed E-state index contributed by atoms with van der Waals surface area (Å²) < 4.78 is 7.38. The predicted octanol–water partition coefficient (Wildman–Crippen LogP) is 1.63. The van der Waals surface area contributed by atoms with Crippen molar-refractivity contribution < 1.29 is 4.52 Å². The maximum absolute atomic E-state index is 13.1. The van der Waals surface area contributed by atoms with Crippen molar-refractivity contribution in [1.82, 2.24) is 29.9 Å². The molecule has 2 aliphatic rings. The van der Waals surface area contributed by atoms with Crippen molar-refractivity contribution in [3.05, 3.63) is 64.2 Å². The van der Waals surface area contributed by atoms with E-state index in [1.807, 2.05) is 34.7 Å². The third kappa shape index (κ3) is 3.61. The van der Waals surface area contributed by atoms with Crippen LogP contribution in [0.2, 0.25) is 0 Å². The Hall–Kier alpha value is -2.84. The highest BCUT2D eigenvalue weighted by atomic mass is 16.5. The summed E-state index contributed by atoms with van der Waals surface area (Å²) in [6.07, 6.45) is 4.58. The lowest BCUT2D eigenvalue weighted by Gasteiger charge is -2.37. The molecule has 0 saturated carbocycles. The molecule has 150 valence electrons. The third-order valence-electron chi connectivity index (χ3n) is 5.84. The molecule has 0 spiro atoms. The molecule has 29 heavy (non-hydrogen) atoms. The Morgan fingerprint density at radius 3 is 2.93 bits per heavy atom. The molecule has 1 saturated heterocycles. The average molecular weight is 392 g/mol. The first-order valence-electron chi connectivity index (χ1n) is 10.0. The lowest BCUT2D eigenvalue weighted by molar-refractivity contribution is 0.248. The van der Waals surface area contributed by atoms with Gasteiger partial charge in [-0.25, -0.2) is 0 Å². The van der Waals surface area contributed by atoms with Crippen LogP contribution >= 0.6 is 0 Å². The molecular formula is C21H24N6O2. The second-order valence-corrected chi connectivity index (χ2v) is 8.08. The zero-order valence-electron chi connectivity index (χ0n) is 16.4. The second-order valence-electron chi connectivity index (χ2n) is 8.08. The van der Waals surface area contributed by atoms with Gasteiger partial charge in [0.1, 0.15) is 0 Å². The van der Waals surface area contributed by atoms with Crippen LogP contribution in [0.5, 0.6) is 0 Å². The number of hydrogen-bond donors (Lipinski definition) is 1. The molecule has 8 nitrogen and oxygen atoms in total. The first-order valence-corrected chi connectivity index (χ1v) is 10.0. The SMILES string of the molecule is CN(Cc1nc(-c2ccncc2)no1)Cc1ccc2n(c1=O)C[C@@H]1CNC[C@H]2C1. The molecule has 8 heteroatoms. The minimum Gasteiger partial charge on any atom is -0.338 e. The number of aromatic nitrogens is 4. The van der Waals surface area contributed by atoms with Crippen molar-refractivity contribution in [2.24, 2.45) is 5.92 Å². The van der Waals surface area contributed by atoms with E-state index in [-0.39, 0.29) is 5.56 Å². The number of pyridine rings is 2. The number of fused-ring (bicyclic) bond motifs is 4. The topological polar surface area (TPSA) is 89.1 Å². The highest BCUT2D eigenvalue weighted by Crippen LogP contribution is 2.31. The Labute approximate surface area is 168 Å². The first-order chi connectivity index (χ1) is 14.2. The van der Waals surface area contributed by atoms with E-state index in [9.17, 15) is 4.79 Å². The van der Waals surface area contributed by atoms with Gasteiger partial charge < -0.3 is 14.4 Å². The predicted molar refractivity (Wildman–Crippen MR) is 107 cm³/mol. The quantitative estimate of drug-likeness (QED) is 0.706. The van der Waals surface area contributed by atoms with Gasteiger partial charge in [-0.3, -0.25) is 14.7 Å². The van der Waals surface area contributed by atoms with E-state index in [0.717, 1.165) is 30.8 Å². The highest BCUT2D eigenvalue weighted by Gasteiger charge is 2.31. The number of hydrogen-bond acceptors (Lipinski definition) is 7. The molecular weight excluding hydrogens is 368 g/mol. The fraction of sp³-hybridized carbons (Fsp3) is 0.429. The van der Waals surface area contributed by atoms with Crippen molar-refractivity contribution in [3.8, 4) is 11.4 Å². The molecule has 0 amide bonds. The van der Waals surface area contributed by atoms with Crippen LogP contribution in [-0.2, 0) is 19.6 Å². The minimum atomic E-state index is 0.133. The number of rotatable bonds is 5. The van der Waals surface area contributed by atoms with E-state index < -0.39 is 0 Å². The largest absolute Gasteiger partial charge is 0.338 e. The van der Waals surface area contributed by atoms with Gasteiger partial charge in [-0.05, 0) is 44.1 Å². The van der Waals surface area contributed by atoms with E-state index in [1.165, 1.54) is 12.1 Å². The number of nitrogens with one attached hydrogen (secondary N) is 1. The molecule has 0 aromatic carbocycles. The van der Waals surface area contributed by atoms with Crippen molar-refractivity contribution in [1.29, 1.82) is 0 Å². The maximum atomic E-state index is 13.1. The molecule has 1 N–H and O–H groups in total. The molecule has 3 aromatic heterocycles. The normalized spacial score (nSPS) is 20.6. The molecule has 5 heterocycles. The van der Waals surface area contributed by atoms with Gasteiger partial charge in [-0.2, -0.15) is 4.98 Å². The summed E-state index contributed by atoms with van der Waals surface area (Å²) in [5.74, 6) is 2.08. The summed E-state index contributed by atoms with van der Waals surface area (Å²) in [6.45, 7) is 3.80. The van der Waals surface area contributed by atoms with Crippen molar-refractivity contribution >= 4 is 0 Å². The zero-order chi connectivity index (χ0) is 19.8. The van der Waals surface area contributed by atoms with E-state index in [1.54, 1.807) is 12.4 Å². The summed E-state index contributed by atoms with van der Waals surface area (Å²) >= 11 is 0. The van der Waals surface area contributed by atoms with Crippen molar-refractivity contribution in [2.75, 3.05) is 20.1 Å². The smallest absolute Gasteiger partial charge is 0.255 e. The monoisotopic (exact) mass is 392 g/mol. The molecule has 2 aliphatic heterocycles. The highest BCUT2D eigenvalue weighted by molar-refractivity contribution is 5.52. The first kappa shape index (κ1) is 18.2. The average Bonchev–Trinajstić information content (AvgIpc) is 3.20. The zero-order valence-corrected chi connectivity index (χ0v) is 16.4.